The molecule has 0 spiro atoms. The van der Waals surface area contributed by atoms with Crippen molar-refractivity contribution in [2.75, 3.05) is 11.1 Å². The standard InChI is InChI=1S/C21H23FN4O2S/c1-4-26-20(15(3)28-18-10-8-16(22)9-11-18)24-25-21(26)29-13-19(27)23-17-7-5-6-14(2)12-17/h5-12,15H,4,13H2,1-3H3,(H,23,27). The molecule has 1 atom stereocenters. The van der Waals surface area contributed by atoms with E-state index >= 15 is 0 Å². The average molecular weight is 415 g/mol. The molecule has 0 radical (unpaired) electrons. The number of ether oxygens (including phenoxy) is 1. The van der Waals surface area contributed by atoms with Crippen molar-refractivity contribution in [3.8, 4) is 5.75 Å². The Labute approximate surface area is 173 Å². The Morgan fingerprint density at radius 2 is 2.00 bits per heavy atom. The van der Waals surface area contributed by atoms with Crippen molar-refractivity contribution in [3.05, 3.63) is 65.7 Å². The van der Waals surface area contributed by atoms with E-state index in [1.165, 1.54) is 23.9 Å². The second kappa shape index (κ2) is 9.56. The lowest BCUT2D eigenvalue weighted by Crippen LogP contribution is -2.15. The Bertz CT molecular complexity index is 975. The summed E-state index contributed by atoms with van der Waals surface area (Å²) < 4.78 is 20.8. The molecular weight excluding hydrogens is 391 g/mol. The summed E-state index contributed by atoms with van der Waals surface area (Å²) in [6.45, 7) is 6.46. The van der Waals surface area contributed by atoms with Crippen LogP contribution in [0.15, 0.2) is 53.7 Å². The third kappa shape index (κ3) is 5.57. The van der Waals surface area contributed by atoms with Crippen LogP contribution in [-0.4, -0.2) is 26.4 Å². The van der Waals surface area contributed by atoms with Crippen molar-refractivity contribution in [1.82, 2.24) is 14.8 Å². The van der Waals surface area contributed by atoms with Crippen LogP contribution < -0.4 is 10.1 Å². The quantitative estimate of drug-likeness (QED) is 0.545. The van der Waals surface area contributed by atoms with E-state index in [0.717, 1.165) is 11.3 Å². The lowest BCUT2D eigenvalue weighted by molar-refractivity contribution is -0.113. The molecule has 1 amide bonds. The first-order valence-electron chi connectivity index (χ1n) is 9.31. The van der Waals surface area contributed by atoms with E-state index in [9.17, 15) is 9.18 Å². The fourth-order valence-corrected chi connectivity index (χ4v) is 3.63. The van der Waals surface area contributed by atoms with Gasteiger partial charge in [0.25, 0.3) is 0 Å². The Hall–Kier alpha value is -2.87. The molecule has 3 rings (SSSR count). The molecule has 0 fully saturated rings. The number of anilines is 1. The van der Waals surface area contributed by atoms with Gasteiger partial charge in [-0.3, -0.25) is 4.79 Å². The monoisotopic (exact) mass is 414 g/mol. The number of halogens is 1. The van der Waals surface area contributed by atoms with Gasteiger partial charge in [0.15, 0.2) is 17.1 Å². The number of carbonyl (C=O) groups excluding carboxylic acids is 1. The molecule has 0 aliphatic heterocycles. The number of thioether (sulfide) groups is 1. The number of aryl methyl sites for hydroxylation is 1. The summed E-state index contributed by atoms with van der Waals surface area (Å²) in [5.41, 5.74) is 1.86. The minimum Gasteiger partial charge on any atom is -0.483 e. The van der Waals surface area contributed by atoms with Crippen molar-refractivity contribution in [2.45, 2.75) is 38.6 Å². The molecule has 1 N–H and O–H groups in total. The molecule has 29 heavy (non-hydrogen) atoms. The maximum absolute atomic E-state index is 13.1. The van der Waals surface area contributed by atoms with E-state index in [1.54, 1.807) is 12.1 Å². The van der Waals surface area contributed by atoms with E-state index in [-0.39, 0.29) is 23.6 Å². The first-order valence-corrected chi connectivity index (χ1v) is 10.3. The number of amides is 1. The van der Waals surface area contributed by atoms with Crippen molar-refractivity contribution in [3.63, 3.8) is 0 Å². The summed E-state index contributed by atoms with van der Waals surface area (Å²) in [7, 11) is 0. The van der Waals surface area contributed by atoms with Crippen LogP contribution in [0, 0.1) is 12.7 Å². The van der Waals surface area contributed by atoms with Crippen LogP contribution in [0.1, 0.15) is 31.3 Å². The highest BCUT2D eigenvalue weighted by Gasteiger charge is 2.19. The fraction of sp³-hybridized carbons (Fsp3) is 0.286. The molecule has 1 heterocycles. The van der Waals surface area contributed by atoms with Crippen LogP contribution in [0.25, 0.3) is 0 Å². The normalized spacial score (nSPS) is 11.9. The van der Waals surface area contributed by atoms with Gasteiger partial charge in [-0.05, 0) is 62.7 Å². The predicted molar refractivity (Wildman–Crippen MR) is 112 cm³/mol. The van der Waals surface area contributed by atoms with E-state index in [2.05, 4.69) is 15.5 Å². The number of nitrogens with zero attached hydrogens (tertiary/aromatic N) is 3. The third-order valence-electron chi connectivity index (χ3n) is 4.19. The molecule has 152 valence electrons. The molecule has 6 nitrogen and oxygen atoms in total. The second-order valence-electron chi connectivity index (χ2n) is 6.51. The topological polar surface area (TPSA) is 69.0 Å². The van der Waals surface area contributed by atoms with Gasteiger partial charge < -0.3 is 14.6 Å². The van der Waals surface area contributed by atoms with E-state index < -0.39 is 0 Å². The van der Waals surface area contributed by atoms with Gasteiger partial charge in [-0.15, -0.1) is 10.2 Å². The fourth-order valence-electron chi connectivity index (χ4n) is 2.82. The number of hydrogen-bond donors (Lipinski definition) is 1. The van der Waals surface area contributed by atoms with Crippen molar-refractivity contribution in [2.24, 2.45) is 0 Å². The zero-order chi connectivity index (χ0) is 20.8. The first-order chi connectivity index (χ1) is 14.0. The van der Waals surface area contributed by atoms with Gasteiger partial charge in [0.1, 0.15) is 11.6 Å². The number of nitrogens with one attached hydrogen (secondary N) is 1. The Balaban J connectivity index is 1.62. The van der Waals surface area contributed by atoms with Gasteiger partial charge in [-0.1, -0.05) is 23.9 Å². The second-order valence-corrected chi connectivity index (χ2v) is 7.45. The molecule has 2 aromatic carbocycles. The lowest BCUT2D eigenvalue weighted by atomic mass is 10.2. The van der Waals surface area contributed by atoms with Crippen LogP contribution in [-0.2, 0) is 11.3 Å². The third-order valence-corrected chi connectivity index (χ3v) is 5.15. The largest absolute Gasteiger partial charge is 0.483 e. The highest BCUT2D eigenvalue weighted by atomic mass is 32.2. The van der Waals surface area contributed by atoms with Gasteiger partial charge in [0, 0.05) is 12.2 Å². The minimum absolute atomic E-state index is 0.108. The lowest BCUT2D eigenvalue weighted by Gasteiger charge is -2.15. The van der Waals surface area contributed by atoms with Crippen LogP contribution in [0.5, 0.6) is 5.75 Å². The summed E-state index contributed by atoms with van der Waals surface area (Å²) in [5.74, 6) is 1.00. The minimum atomic E-state index is -0.372. The molecule has 1 unspecified atom stereocenters. The number of hydrogen-bond acceptors (Lipinski definition) is 5. The van der Waals surface area contributed by atoms with Gasteiger partial charge in [-0.25, -0.2) is 4.39 Å². The van der Waals surface area contributed by atoms with Crippen LogP contribution in [0.3, 0.4) is 0 Å². The molecule has 0 aliphatic rings. The van der Waals surface area contributed by atoms with Gasteiger partial charge in [0.2, 0.25) is 5.91 Å². The molecule has 3 aromatic rings. The van der Waals surface area contributed by atoms with Crippen molar-refractivity contribution in [1.29, 1.82) is 0 Å². The van der Waals surface area contributed by atoms with Crippen LogP contribution in [0.4, 0.5) is 10.1 Å². The smallest absolute Gasteiger partial charge is 0.234 e. The van der Waals surface area contributed by atoms with Gasteiger partial charge in [0.05, 0.1) is 5.75 Å². The summed E-state index contributed by atoms with van der Waals surface area (Å²) in [5, 5.41) is 12.0. The molecule has 1 aromatic heterocycles. The van der Waals surface area contributed by atoms with Crippen LogP contribution >= 0.6 is 11.8 Å². The molecule has 0 saturated carbocycles. The molecule has 0 saturated heterocycles. The maximum Gasteiger partial charge on any atom is 0.234 e. The van der Waals surface area contributed by atoms with Crippen molar-refractivity contribution >= 4 is 23.4 Å². The van der Waals surface area contributed by atoms with Crippen molar-refractivity contribution < 1.29 is 13.9 Å². The summed E-state index contributed by atoms with van der Waals surface area (Å²) >= 11 is 1.32. The number of benzene rings is 2. The number of rotatable bonds is 8. The molecule has 8 heteroatoms. The Kier molecular flexibility index (Phi) is 6.87. The van der Waals surface area contributed by atoms with Gasteiger partial charge >= 0.3 is 0 Å². The average Bonchev–Trinajstić information content (AvgIpc) is 3.11. The SMILES string of the molecule is CCn1c(SCC(=O)Nc2cccc(C)c2)nnc1C(C)Oc1ccc(F)cc1. The first kappa shape index (κ1) is 20.9. The van der Waals surface area contributed by atoms with Crippen LogP contribution in [0.2, 0.25) is 0 Å². The maximum atomic E-state index is 13.1. The number of carbonyl (C=O) groups is 1. The Morgan fingerprint density at radius 3 is 2.69 bits per heavy atom. The van der Waals surface area contributed by atoms with E-state index in [4.69, 9.17) is 4.74 Å². The summed E-state index contributed by atoms with van der Waals surface area (Å²) in [4.78, 5) is 12.3. The van der Waals surface area contributed by atoms with Gasteiger partial charge in [-0.2, -0.15) is 0 Å². The molecular formula is C21H23FN4O2S. The molecule has 0 bridgehead atoms. The highest BCUT2D eigenvalue weighted by molar-refractivity contribution is 7.99. The Morgan fingerprint density at radius 1 is 1.24 bits per heavy atom. The summed E-state index contributed by atoms with van der Waals surface area (Å²) in [6, 6.07) is 13.5. The molecule has 0 aliphatic carbocycles. The zero-order valence-corrected chi connectivity index (χ0v) is 17.4. The number of aromatic nitrogens is 3. The predicted octanol–water partition coefficient (Wildman–Crippen LogP) is 4.62. The van der Waals surface area contributed by atoms with E-state index in [0.29, 0.717) is 23.3 Å². The van der Waals surface area contributed by atoms with E-state index in [1.807, 2.05) is 49.6 Å². The highest BCUT2D eigenvalue weighted by Crippen LogP contribution is 2.25. The summed E-state index contributed by atoms with van der Waals surface area (Å²) in [6.07, 6.45) is -0.372. The zero-order valence-electron chi connectivity index (χ0n) is 16.6.